The Kier molecular flexibility index (Phi) is 2.94. The maximum Gasteiger partial charge on any atom is 0.0573 e. The number of aliphatic hydroxyl groups is 1. The second kappa shape index (κ2) is 3.73. The van der Waals surface area contributed by atoms with Gasteiger partial charge in [0, 0.05) is 0 Å². The number of fused-ring (bicyclic) bond motifs is 1. The molecule has 1 N–H and O–H groups in total. The summed E-state index contributed by atoms with van der Waals surface area (Å²) in [5.74, 6) is 1.04. The second-order valence-electron chi connectivity index (χ2n) is 7.92. The fraction of sp³-hybridized carbons (Fsp3) is 1.00. The van der Waals surface area contributed by atoms with Crippen molar-refractivity contribution in [2.45, 2.75) is 73.3 Å². The van der Waals surface area contributed by atoms with E-state index in [-0.39, 0.29) is 6.10 Å². The highest BCUT2D eigenvalue weighted by Gasteiger charge is 2.62. The zero-order valence-electron chi connectivity index (χ0n) is 12.5. The van der Waals surface area contributed by atoms with Crippen LogP contribution in [0.25, 0.3) is 0 Å². The highest BCUT2D eigenvalue weighted by molar-refractivity contribution is 5.11. The van der Waals surface area contributed by atoms with Crippen LogP contribution in [-0.4, -0.2) is 11.2 Å². The molecule has 5 atom stereocenters. The van der Waals surface area contributed by atoms with Crippen molar-refractivity contribution >= 4 is 0 Å². The highest BCUT2D eigenvalue weighted by Crippen LogP contribution is 2.68. The van der Waals surface area contributed by atoms with Crippen molar-refractivity contribution in [3.63, 3.8) is 0 Å². The number of hydrogen-bond acceptors (Lipinski definition) is 1. The van der Waals surface area contributed by atoms with Crippen LogP contribution in [0.3, 0.4) is 0 Å². The van der Waals surface area contributed by atoms with Crippen LogP contribution in [0.5, 0.6) is 0 Å². The summed E-state index contributed by atoms with van der Waals surface area (Å²) in [6.07, 6.45) is 4.86. The highest BCUT2D eigenvalue weighted by atomic mass is 16.3. The van der Waals surface area contributed by atoms with E-state index < -0.39 is 0 Å². The summed E-state index contributed by atoms with van der Waals surface area (Å²) in [7, 11) is 0. The van der Waals surface area contributed by atoms with Gasteiger partial charge in [-0.05, 0) is 47.3 Å². The van der Waals surface area contributed by atoms with Crippen LogP contribution in [-0.2, 0) is 0 Å². The molecule has 2 aliphatic rings. The largest absolute Gasteiger partial charge is 0.393 e. The standard InChI is InChI=1S/C16H30O/c1-11-12(2)16(6)14(3,4)8-7-9-15(16,5)10-13(11)17/h11-13,17H,7-10H2,1-6H3/t11-,12-,13-,15-,16-/m0/s1. The van der Waals surface area contributed by atoms with Crippen LogP contribution in [0.15, 0.2) is 0 Å². The van der Waals surface area contributed by atoms with Crippen molar-refractivity contribution in [2.24, 2.45) is 28.1 Å². The molecule has 1 nitrogen and oxygen atoms in total. The summed E-state index contributed by atoms with van der Waals surface area (Å²) in [6.45, 7) is 14.4. The molecule has 0 saturated heterocycles. The lowest BCUT2D eigenvalue weighted by Gasteiger charge is -2.67. The summed E-state index contributed by atoms with van der Waals surface area (Å²) in [5, 5.41) is 10.3. The smallest absolute Gasteiger partial charge is 0.0573 e. The van der Waals surface area contributed by atoms with Gasteiger partial charge in [0.2, 0.25) is 0 Å². The van der Waals surface area contributed by atoms with Gasteiger partial charge in [-0.25, -0.2) is 0 Å². The normalized spacial score (nSPS) is 54.2. The van der Waals surface area contributed by atoms with Crippen LogP contribution < -0.4 is 0 Å². The Morgan fingerprint density at radius 2 is 1.59 bits per heavy atom. The van der Waals surface area contributed by atoms with Gasteiger partial charge in [-0.3, -0.25) is 0 Å². The number of rotatable bonds is 0. The van der Waals surface area contributed by atoms with E-state index in [0.29, 0.717) is 28.1 Å². The number of hydrogen-bond donors (Lipinski definition) is 1. The summed E-state index contributed by atoms with van der Waals surface area (Å²) in [4.78, 5) is 0. The SMILES string of the molecule is C[C@@H]1[C@@H](O)C[C@]2(C)CCCC(C)(C)[C@]2(C)[C@H]1C. The lowest BCUT2D eigenvalue weighted by Crippen LogP contribution is -2.61. The van der Waals surface area contributed by atoms with Gasteiger partial charge in [0.15, 0.2) is 0 Å². The molecule has 0 heterocycles. The number of aliphatic hydroxyl groups excluding tert-OH is 1. The Labute approximate surface area is 107 Å². The molecule has 0 aliphatic heterocycles. The van der Waals surface area contributed by atoms with E-state index in [0.717, 1.165) is 6.42 Å². The summed E-state index contributed by atoms with van der Waals surface area (Å²) in [5.41, 5.74) is 1.07. The van der Waals surface area contributed by atoms with Gasteiger partial charge >= 0.3 is 0 Å². The first kappa shape index (κ1) is 13.4. The third-order valence-electron chi connectivity index (χ3n) is 7.16. The third-order valence-corrected chi connectivity index (χ3v) is 7.16. The molecule has 2 aliphatic carbocycles. The third kappa shape index (κ3) is 1.54. The van der Waals surface area contributed by atoms with Crippen molar-refractivity contribution in [2.75, 3.05) is 0 Å². The first-order valence-electron chi connectivity index (χ1n) is 7.34. The molecule has 2 saturated carbocycles. The fourth-order valence-electron chi connectivity index (χ4n) is 5.24. The maximum atomic E-state index is 10.3. The van der Waals surface area contributed by atoms with E-state index in [1.807, 2.05) is 0 Å². The topological polar surface area (TPSA) is 20.2 Å². The summed E-state index contributed by atoms with van der Waals surface area (Å²) in [6, 6.07) is 0. The van der Waals surface area contributed by atoms with Crippen LogP contribution >= 0.6 is 0 Å². The molecule has 0 amide bonds. The Morgan fingerprint density at radius 3 is 2.18 bits per heavy atom. The summed E-state index contributed by atoms with van der Waals surface area (Å²) >= 11 is 0. The first-order valence-corrected chi connectivity index (χ1v) is 7.34. The van der Waals surface area contributed by atoms with E-state index in [4.69, 9.17) is 0 Å². The molecule has 0 aromatic rings. The Hall–Kier alpha value is -0.0400. The molecule has 17 heavy (non-hydrogen) atoms. The Morgan fingerprint density at radius 1 is 1.00 bits per heavy atom. The van der Waals surface area contributed by atoms with Gasteiger partial charge in [0.25, 0.3) is 0 Å². The summed E-state index contributed by atoms with van der Waals surface area (Å²) < 4.78 is 0. The Bertz CT molecular complexity index is 309. The van der Waals surface area contributed by atoms with Gasteiger partial charge in [0.1, 0.15) is 0 Å². The van der Waals surface area contributed by atoms with E-state index >= 15 is 0 Å². The average molecular weight is 238 g/mol. The molecule has 0 spiro atoms. The van der Waals surface area contributed by atoms with Gasteiger partial charge in [-0.2, -0.15) is 0 Å². The van der Waals surface area contributed by atoms with Crippen molar-refractivity contribution in [1.82, 2.24) is 0 Å². The van der Waals surface area contributed by atoms with Gasteiger partial charge < -0.3 is 5.11 Å². The molecular formula is C16H30O. The molecule has 1 heteroatoms. The molecule has 0 unspecified atom stereocenters. The van der Waals surface area contributed by atoms with Gasteiger partial charge in [-0.1, -0.05) is 48.0 Å². The quantitative estimate of drug-likeness (QED) is 0.669. The van der Waals surface area contributed by atoms with Crippen LogP contribution in [0.4, 0.5) is 0 Å². The van der Waals surface area contributed by atoms with Crippen molar-refractivity contribution in [3.8, 4) is 0 Å². The van der Waals surface area contributed by atoms with Crippen LogP contribution in [0, 0.1) is 28.1 Å². The molecule has 2 rings (SSSR count). The predicted octanol–water partition coefficient (Wildman–Crippen LogP) is 4.25. The van der Waals surface area contributed by atoms with Crippen molar-refractivity contribution in [1.29, 1.82) is 0 Å². The molecule has 2 fully saturated rings. The van der Waals surface area contributed by atoms with Gasteiger partial charge in [0.05, 0.1) is 6.10 Å². The molecule has 100 valence electrons. The van der Waals surface area contributed by atoms with E-state index in [2.05, 4.69) is 41.5 Å². The minimum absolute atomic E-state index is 0.100. The first-order chi connectivity index (χ1) is 7.66. The van der Waals surface area contributed by atoms with E-state index in [1.165, 1.54) is 19.3 Å². The zero-order chi connectivity index (χ0) is 13.1. The minimum atomic E-state index is -0.100. The minimum Gasteiger partial charge on any atom is -0.393 e. The predicted molar refractivity (Wildman–Crippen MR) is 72.8 cm³/mol. The molecule has 0 bridgehead atoms. The fourth-order valence-corrected chi connectivity index (χ4v) is 5.24. The van der Waals surface area contributed by atoms with E-state index in [1.54, 1.807) is 0 Å². The molecule has 0 aromatic carbocycles. The molecule has 0 radical (unpaired) electrons. The monoisotopic (exact) mass is 238 g/mol. The van der Waals surface area contributed by atoms with Crippen molar-refractivity contribution in [3.05, 3.63) is 0 Å². The van der Waals surface area contributed by atoms with Gasteiger partial charge in [-0.15, -0.1) is 0 Å². The van der Waals surface area contributed by atoms with Crippen LogP contribution in [0.1, 0.15) is 67.2 Å². The van der Waals surface area contributed by atoms with E-state index in [9.17, 15) is 5.11 Å². The lowest BCUT2D eigenvalue weighted by atomic mass is 9.38. The maximum absolute atomic E-state index is 10.3. The van der Waals surface area contributed by atoms with Crippen molar-refractivity contribution < 1.29 is 5.11 Å². The average Bonchev–Trinajstić information content (AvgIpc) is 2.21. The second-order valence-corrected chi connectivity index (χ2v) is 7.92. The Balaban J connectivity index is 2.48. The lowest BCUT2D eigenvalue weighted by molar-refractivity contribution is -0.200. The molecular weight excluding hydrogens is 208 g/mol. The molecule has 0 aromatic heterocycles. The zero-order valence-corrected chi connectivity index (χ0v) is 12.5. The van der Waals surface area contributed by atoms with Crippen LogP contribution in [0.2, 0.25) is 0 Å².